The molecule has 0 aliphatic carbocycles. The van der Waals surface area contributed by atoms with Crippen LogP contribution in [0.3, 0.4) is 0 Å². The third-order valence-electron chi connectivity index (χ3n) is 4.57. The standard InChI is InChI=1S/C23H18F4O/c1-23(2,3)16-10-8-14(9-11-16)13-4-6-15(7-5-13)22(28)19-20(26)17(24)12-18(25)21(19)27/h4-12H,1-3H3. The van der Waals surface area contributed by atoms with Gasteiger partial charge in [0.15, 0.2) is 29.1 Å². The topological polar surface area (TPSA) is 17.1 Å². The fraction of sp³-hybridized carbons (Fsp3) is 0.174. The van der Waals surface area contributed by atoms with E-state index < -0.39 is 34.6 Å². The summed E-state index contributed by atoms with van der Waals surface area (Å²) in [7, 11) is 0. The van der Waals surface area contributed by atoms with Gasteiger partial charge in [-0.25, -0.2) is 17.6 Å². The molecule has 0 unspecified atom stereocenters. The second-order valence-electron chi connectivity index (χ2n) is 7.58. The van der Waals surface area contributed by atoms with E-state index in [0.717, 1.165) is 11.1 Å². The number of carbonyl (C=O) groups is 1. The highest BCUT2D eigenvalue weighted by Crippen LogP contribution is 2.27. The fourth-order valence-electron chi connectivity index (χ4n) is 2.89. The molecule has 0 heterocycles. The monoisotopic (exact) mass is 386 g/mol. The van der Waals surface area contributed by atoms with Crippen molar-refractivity contribution in [2.75, 3.05) is 0 Å². The Labute approximate surface area is 160 Å². The number of benzene rings is 3. The van der Waals surface area contributed by atoms with E-state index in [-0.39, 0.29) is 17.0 Å². The quantitative estimate of drug-likeness (QED) is 0.288. The Bertz CT molecular complexity index is 1000. The van der Waals surface area contributed by atoms with Gasteiger partial charge in [0.1, 0.15) is 5.56 Å². The molecular formula is C23H18F4O. The predicted molar refractivity (Wildman–Crippen MR) is 100 cm³/mol. The van der Waals surface area contributed by atoms with Gasteiger partial charge in [0, 0.05) is 11.6 Å². The minimum Gasteiger partial charge on any atom is -0.288 e. The van der Waals surface area contributed by atoms with Gasteiger partial charge in [-0.2, -0.15) is 0 Å². The van der Waals surface area contributed by atoms with Crippen molar-refractivity contribution in [2.24, 2.45) is 0 Å². The first-order valence-corrected chi connectivity index (χ1v) is 8.68. The van der Waals surface area contributed by atoms with Crippen molar-refractivity contribution >= 4 is 5.78 Å². The second-order valence-corrected chi connectivity index (χ2v) is 7.58. The molecular weight excluding hydrogens is 368 g/mol. The van der Waals surface area contributed by atoms with Gasteiger partial charge in [0.25, 0.3) is 0 Å². The summed E-state index contributed by atoms with van der Waals surface area (Å²) < 4.78 is 54.4. The molecule has 1 nitrogen and oxygen atoms in total. The van der Waals surface area contributed by atoms with Crippen LogP contribution >= 0.6 is 0 Å². The average molecular weight is 386 g/mol. The van der Waals surface area contributed by atoms with E-state index in [4.69, 9.17) is 0 Å². The average Bonchev–Trinajstić information content (AvgIpc) is 2.66. The molecule has 0 amide bonds. The van der Waals surface area contributed by atoms with Gasteiger partial charge in [0.05, 0.1) is 0 Å². The molecule has 0 aliphatic heterocycles. The van der Waals surface area contributed by atoms with Gasteiger partial charge >= 0.3 is 0 Å². The van der Waals surface area contributed by atoms with Gasteiger partial charge in [-0.3, -0.25) is 4.79 Å². The Morgan fingerprint density at radius 2 is 1.14 bits per heavy atom. The Balaban J connectivity index is 1.92. The zero-order valence-corrected chi connectivity index (χ0v) is 15.6. The summed E-state index contributed by atoms with van der Waals surface area (Å²) in [5.74, 6) is -7.75. The molecule has 144 valence electrons. The van der Waals surface area contributed by atoms with Crippen LogP contribution in [-0.4, -0.2) is 5.78 Å². The van der Waals surface area contributed by atoms with E-state index in [0.29, 0.717) is 0 Å². The maximum atomic E-state index is 13.9. The van der Waals surface area contributed by atoms with Crippen LogP contribution < -0.4 is 0 Å². The van der Waals surface area contributed by atoms with Crippen LogP contribution in [0.25, 0.3) is 11.1 Å². The molecule has 0 atom stereocenters. The SMILES string of the molecule is CC(C)(C)c1ccc(-c2ccc(C(=O)c3c(F)c(F)cc(F)c3F)cc2)cc1. The minimum absolute atomic E-state index is 0.0170. The molecule has 28 heavy (non-hydrogen) atoms. The second kappa shape index (κ2) is 7.23. The van der Waals surface area contributed by atoms with Crippen LogP contribution in [0, 0.1) is 23.3 Å². The smallest absolute Gasteiger partial charge is 0.199 e. The Morgan fingerprint density at radius 3 is 1.57 bits per heavy atom. The number of carbonyl (C=O) groups excluding carboxylic acids is 1. The molecule has 0 bridgehead atoms. The number of ketones is 1. The molecule has 3 aromatic carbocycles. The highest BCUT2D eigenvalue weighted by atomic mass is 19.2. The molecule has 5 heteroatoms. The Morgan fingerprint density at radius 1 is 0.714 bits per heavy atom. The van der Waals surface area contributed by atoms with E-state index in [9.17, 15) is 22.4 Å². The molecule has 0 aliphatic rings. The van der Waals surface area contributed by atoms with Crippen molar-refractivity contribution in [3.63, 3.8) is 0 Å². The summed E-state index contributed by atoms with van der Waals surface area (Å²) in [6.07, 6.45) is 0. The van der Waals surface area contributed by atoms with Crippen LogP contribution in [0.1, 0.15) is 42.3 Å². The van der Waals surface area contributed by atoms with Crippen molar-refractivity contribution in [3.8, 4) is 11.1 Å². The maximum Gasteiger partial charge on any atom is 0.199 e. The van der Waals surface area contributed by atoms with E-state index in [1.807, 2.05) is 24.3 Å². The first kappa shape index (κ1) is 19.8. The molecule has 0 spiro atoms. The predicted octanol–water partition coefficient (Wildman–Crippen LogP) is 6.44. The Hall–Kier alpha value is -2.95. The van der Waals surface area contributed by atoms with Gasteiger partial charge in [-0.05, 0) is 22.1 Å². The third-order valence-corrected chi connectivity index (χ3v) is 4.57. The van der Waals surface area contributed by atoms with Gasteiger partial charge in [-0.15, -0.1) is 0 Å². The van der Waals surface area contributed by atoms with Gasteiger partial charge in [-0.1, -0.05) is 69.3 Å². The van der Waals surface area contributed by atoms with E-state index in [1.165, 1.54) is 17.7 Å². The number of hydrogen-bond donors (Lipinski definition) is 0. The van der Waals surface area contributed by atoms with Crippen molar-refractivity contribution in [3.05, 3.63) is 94.6 Å². The lowest BCUT2D eigenvalue weighted by molar-refractivity contribution is 0.102. The lowest BCUT2D eigenvalue weighted by Gasteiger charge is -2.19. The number of rotatable bonds is 3. The molecule has 0 N–H and O–H groups in total. The molecule has 0 saturated carbocycles. The minimum atomic E-state index is -1.70. The van der Waals surface area contributed by atoms with E-state index >= 15 is 0 Å². The highest BCUT2D eigenvalue weighted by molar-refractivity contribution is 6.09. The third kappa shape index (κ3) is 3.70. The summed E-state index contributed by atoms with van der Waals surface area (Å²) >= 11 is 0. The van der Waals surface area contributed by atoms with Crippen LogP contribution in [0.4, 0.5) is 17.6 Å². The summed E-state index contributed by atoms with van der Waals surface area (Å²) in [5.41, 5.74) is 1.58. The van der Waals surface area contributed by atoms with Crippen molar-refractivity contribution < 1.29 is 22.4 Å². The van der Waals surface area contributed by atoms with Crippen LogP contribution in [0.15, 0.2) is 54.6 Å². The molecule has 0 radical (unpaired) electrons. The Kier molecular flexibility index (Phi) is 5.11. The maximum absolute atomic E-state index is 13.9. The normalized spacial score (nSPS) is 11.5. The zero-order chi connectivity index (χ0) is 20.6. The van der Waals surface area contributed by atoms with Crippen molar-refractivity contribution in [1.29, 1.82) is 0 Å². The first-order chi connectivity index (χ1) is 13.1. The van der Waals surface area contributed by atoms with Crippen LogP contribution in [-0.2, 0) is 5.41 Å². The summed E-state index contributed by atoms with van der Waals surface area (Å²) in [6.45, 7) is 6.32. The van der Waals surface area contributed by atoms with Gasteiger partial charge in [0.2, 0.25) is 0 Å². The van der Waals surface area contributed by atoms with E-state index in [2.05, 4.69) is 20.8 Å². The number of hydrogen-bond acceptors (Lipinski definition) is 1. The lowest BCUT2D eigenvalue weighted by atomic mass is 9.86. The molecule has 0 aromatic heterocycles. The lowest BCUT2D eigenvalue weighted by Crippen LogP contribution is -2.11. The van der Waals surface area contributed by atoms with Crippen LogP contribution in [0.2, 0.25) is 0 Å². The highest BCUT2D eigenvalue weighted by Gasteiger charge is 2.25. The summed E-state index contributed by atoms with van der Waals surface area (Å²) in [5, 5.41) is 0. The fourth-order valence-corrected chi connectivity index (χ4v) is 2.89. The first-order valence-electron chi connectivity index (χ1n) is 8.68. The molecule has 3 aromatic rings. The molecule has 0 saturated heterocycles. The zero-order valence-electron chi connectivity index (χ0n) is 15.6. The van der Waals surface area contributed by atoms with Crippen molar-refractivity contribution in [2.45, 2.75) is 26.2 Å². The summed E-state index contributed by atoms with van der Waals surface area (Å²) in [6, 6.07) is 14.0. The summed E-state index contributed by atoms with van der Waals surface area (Å²) in [4.78, 5) is 12.4. The van der Waals surface area contributed by atoms with Crippen molar-refractivity contribution in [1.82, 2.24) is 0 Å². The van der Waals surface area contributed by atoms with E-state index in [1.54, 1.807) is 12.1 Å². The largest absolute Gasteiger partial charge is 0.288 e. The van der Waals surface area contributed by atoms with Crippen LogP contribution in [0.5, 0.6) is 0 Å². The molecule has 3 rings (SSSR count). The van der Waals surface area contributed by atoms with Gasteiger partial charge < -0.3 is 0 Å². The molecule has 0 fully saturated rings. The number of halogens is 4.